The van der Waals surface area contributed by atoms with E-state index in [0.29, 0.717) is 11.8 Å². The summed E-state index contributed by atoms with van der Waals surface area (Å²) in [5.74, 6) is 2.88. The predicted molar refractivity (Wildman–Crippen MR) is 54.1 cm³/mol. The highest BCUT2D eigenvalue weighted by Crippen LogP contribution is 2.66. The molecule has 2 bridgehead atoms. The standard InChI is InChI=1S/C13H14O/c14-12-6-10-7-3-1-2-4-8(7)13(12)11-5-9(10)11/h1-4,9-14H,5-6H2/t9-,10-,11+,12-,13+/m1/s1. The Morgan fingerprint density at radius 2 is 1.79 bits per heavy atom. The second-order valence-electron chi connectivity index (χ2n) is 5.13. The molecule has 5 atom stereocenters. The molecule has 1 aromatic carbocycles. The van der Waals surface area contributed by atoms with Crippen molar-refractivity contribution in [1.82, 2.24) is 0 Å². The van der Waals surface area contributed by atoms with Crippen LogP contribution in [0, 0.1) is 11.8 Å². The molecular weight excluding hydrogens is 172 g/mol. The summed E-state index contributed by atoms with van der Waals surface area (Å²) in [6.07, 6.45) is 2.32. The van der Waals surface area contributed by atoms with E-state index >= 15 is 0 Å². The van der Waals surface area contributed by atoms with E-state index < -0.39 is 0 Å². The van der Waals surface area contributed by atoms with Gasteiger partial charge in [0.05, 0.1) is 6.10 Å². The molecule has 72 valence electrons. The van der Waals surface area contributed by atoms with Crippen molar-refractivity contribution in [1.29, 1.82) is 0 Å². The molecule has 0 aromatic heterocycles. The normalized spacial score (nSPS) is 47.1. The summed E-state index contributed by atoms with van der Waals surface area (Å²) in [6, 6.07) is 8.75. The van der Waals surface area contributed by atoms with Gasteiger partial charge in [-0.3, -0.25) is 0 Å². The van der Waals surface area contributed by atoms with E-state index in [-0.39, 0.29) is 6.10 Å². The van der Waals surface area contributed by atoms with Crippen molar-refractivity contribution in [2.75, 3.05) is 0 Å². The van der Waals surface area contributed by atoms with Crippen LogP contribution in [0.25, 0.3) is 0 Å². The van der Waals surface area contributed by atoms with Crippen molar-refractivity contribution in [3.05, 3.63) is 35.4 Å². The lowest BCUT2D eigenvalue weighted by atomic mass is 9.66. The molecule has 4 aliphatic carbocycles. The maximum absolute atomic E-state index is 10.0. The van der Waals surface area contributed by atoms with Gasteiger partial charge in [0, 0.05) is 5.92 Å². The lowest BCUT2D eigenvalue weighted by Crippen LogP contribution is -2.35. The fourth-order valence-corrected chi connectivity index (χ4v) is 3.93. The van der Waals surface area contributed by atoms with Gasteiger partial charge in [-0.15, -0.1) is 0 Å². The molecule has 1 nitrogen and oxygen atoms in total. The van der Waals surface area contributed by atoms with Gasteiger partial charge in [-0.25, -0.2) is 0 Å². The molecule has 0 aliphatic heterocycles. The molecule has 1 heteroatoms. The molecule has 2 saturated carbocycles. The molecular formula is C13H14O. The van der Waals surface area contributed by atoms with Gasteiger partial charge in [0.2, 0.25) is 0 Å². The van der Waals surface area contributed by atoms with E-state index in [4.69, 9.17) is 0 Å². The summed E-state index contributed by atoms with van der Waals surface area (Å²) < 4.78 is 0. The minimum atomic E-state index is -0.0568. The number of aliphatic hydroxyl groups is 1. The first-order chi connectivity index (χ1) is 6.86. The van der Waals surface area contributed by atoms with Gasteiger partial charge in [-0.2, -0.15) is 0 Å². The van der Waals surface area contributed by atoms with E-state index in [1.54, 1.807) is 5.56 Å². The molecule has 1 aromatic rings. The van der Waals surface area contributed by atoms with Gasteiger partial charge in [0.15, 0.2) is 0 Å². The van der Waals surface area contributed by atoms with Crippen molar-refractivity contribution in [2.24, 2.45) is 11.8 Å². The first kappa shape index (κ1) is 7.47. The van der Waals surface area contributed by atoms with Crippen molar-refractivity contribution in [3.8, 4) is 0 Å². The summed E-state index contributed by atoms with van der Waals surface area (Å²) >= 11 is 0. The van der Waals surface area contributed by atoms with Gasteiger partial charge >= 0.3 is 0 Å². The zero-order valence-electron chi connectivity index (χ0n) is 8.06. The van der Waals surface area contributed by atoms with Crippen molar-refractivity contribution in [3.63, 3.8) is 0 Å². The Bertz CT molecular complexity index is 396. The first-order valence-electron chi connectivity index (χ1n) is 5.63. The zero-order chi connectivity index (χ0) is 9.28. The van der Waals surface area contributed by atoms with Crippen LogP contribution in [0.1, 0.15) is 35.8 Å². The maximum Gasteiger partial charge on any atom is 0.0617 e. The molecule has 0 spiro atoms. The third-order valence-electron chi connectivity index (χ3n) is 4.53. The van der Waals surface area contributed by atoms with E-state index in [9.17, 15) is 5.11 Å². The summed E-state index contributed by atoms with van der Waals surface area (Å²) in [7, 11) is 0. The Morgan fingerprint density at radius 3 is 2.64 bits per heavy atom. The molecule has 4 aliphatic rings. The fraction of sp³-hybridized carbons (Fsp3) is 0.538. The molecule has 14 heavy (non-hydrogen) atoms. The first-order valence-corrected chi connectivity index (χ1v) is 5.63. The molecule has 0 heterocycles. The topological polar surface area (TPSA) is 20.2 Å². The molecule has 0 radical (unpaired) electrons. The van der Waals surface area contributed by atoms with Crippen LogP contribution in [0.2, 0.25) is 0 Å². The Hall–Kier alpha value is -0.820. The monoisotopic (exact) mass is 186 g/mol. The largest absolute Gasteiger partial charge is 0.392 e. The van der Waals surface area contributed by atoms with Crippen LogP contribution < -0.4 is 0 Å². The highest BCUT2D eigenvalue weighted by Gasteiger charge is 2.58. The van der Waals surface area contributed by atoms with Crippen LogP contribution in [0.4, 0.5) is 0 Å². The molecule has 0 saturated heterocycles. The molecule has 0 unspecified atom stereocenters. The van der Waals surface area contributed by atoms with Crippen LogP contribution in [0.15, 0.2) is 24.3 Å². The quantitative estimate of drug-likeness (QED) is 0.659. The van der Waals surface area contributed by atoms with Gasteiger partial charge in [-0.05, 0) is 41.7 Å². The van der Waals surface area contributed by atoms with Gasteiger partial charge < -0.3 is 5.11 Å². The number of aliphatic hydroxyl groups excluding tert-OH is 1. The molecule has 0 amide bonds. The lowest BCUT2D eigenvalue weighted by molar-refractivity contribution is 0.0773. The highest BCUT2D eigenvalue weighted by atomic mass is 16.3. The minimum Gasteiger partial charge on any atom is -0.392 e. The number of hydrogen-bond acceptors (Lipinski definition) is 1. The van der Waals surface area contributed by atoms with Gasteiger partial charge in [0.25, 0.3) is 0 Å². The average Bonchev–Trinajstić information content (AvgIpc) is 2.98. The molecule has 2 fully saturated rings. The van der Waals surface area contributed by atoms with Crippen LogP contribution in [0.3, 0.4) is 0 Å². The van der Waals surface area contributed by atoms with Crippen LogP contribution in [-0.2, 0) is 0 Å². The van der Waals surface area contributed by atoms with Crippen molar-refractivity contribution in [2.45, 2.75) is 30.8 Å². The van der Waals surface area contributed by atoms with Gasteiger partial charge in [-0.1, -0.05) is 24.3 Å². The Kier molecular flexibility index (Phi) is 1.18. The Labute approximate surface area is 83.8 Å². The SMILES string of the molecule is O[C@@H]1C[C@@H]2c3ccccc3[C@H]1[C@H]1C[C@@H]12. The average molecular weight is 186 g/mol. The third kappa shape index (κ3) is 0.718. The molecule has 5 rings (SSSR count). The summed E-state index contributed by atoms with van der Waals surface area (Å²) in [5.41, 5.74) is 3.00. The smallest absolute Gasteiger partial charge is 0.0617 e. The maximum atomic E-state index is 10.0. The minimum absolute atomic E-state index is 0.0568. The number of fused-ring (bicyclic) bond motifs is 1. The fourth-order valence-electron chi connectivity index (χ4n) is 3.93. The predicted octanol–water partition coefficient (Wildman–Crippen LogP) is 2.27. The highest BCUT2D eigenvalue weighted by molar-refractivity contribution is 5.44. The summed E-state index contributed by atoms with van der Waals surface area (Å²) in [6.45, 7) is 0. The van der Waals surface area contributed by atoms with E-state index in [1.807, 2.05) is 0 Å². The van der Waals surface area contributed by atoms with Crippen LogP contribution in [0.5, 0.6) is 0 Å². The molecule has 1 N–H and O–H groups in total. The number of rotatable bonds is 0. The van der Waals surface area contributed by atoms with Crippen molar-refractivity contribution < 1.29 is 5.11 Å². The van der Waals surface area contributed by atoms with E-state index in [2.05, 4.69) is 24.3 Å². The zero-order valence-corrected chi connectivity index (χ0v) is 8.06. The van der Waals surface area contributed by atoms with Gasteiger partial charge in [0.1, 0.15) is 0 Å². The van der Waals surface area contributed by atoms with Crippen molar-refractivity contribution >= 4 is 0 Å². The second-order valence-corrected chi connectivity index (χ2v) is 5.13. The number of hydrogen-bond donors (Lipinski definition) is 1. The van der Waals surface area contributed by atoms with E-state index in [0.717, 1.165) is 18.3 Å². The Morgan fingerprint density at radius 1 is 1.00 bits per heavy atom. The number of benzene rings is 1. The van der Waals surface area contributed by atoms with Crippen LogP contribution in [-0.4, -0.2) is 11.2 Å². The third-order valence-corrected chi connectivity index (χ3v) is 4.53. The second kappa shape index (κ2) is 2.22. The summed E-state index contributed by atoms with van der Waals surface area (Å²) in [4.78, 5) is 0. The summed E-state index contributed by atoms with van der Waals surface area (Å²) in [5, 5.41) is 10.0. The Balaban J connectivity index is 1.96. The lowest BCUT2D eigenvalue weighted by Gasteiger charge is -2.41. The van der Waals surface area contributed by atoms with Crippen LogP contribution >= 0.6 is 0 Å². The van der Waals surface area contributed by atoms with E-state index in [1.165, 1.54) is 12.0 Å².